The van der Waals surface area contributed by atoms with Gasteiger partial charge in [-0.3, -0.25) is 0 Å². The molecule has 0 heterocycles. The van der Waals surface area contributed by atoms with Gasteiger partial charge in [0.05, 0.1) is 0 Å². The van der Waals surface area contributed by atoms with Crippen LogP contribution in [-0.4, -0.2) is 5.97 Å². The van der Waals surface area contributed by atoms with E-state index in [4.69, 9.17) is 9.47 Å². The summed E-state index contributed by atoms with van der Waals surface area (Å²) < 4.78 is 11.1. The second kappa shape index (κ2) is 7.45. The van der Waals surface area contributed by atoms with Gasteiger partial charge in [-0.15, -0.1) is 0 Å². The fourth-order valence-corrected chi connectivity index (χ4v) is 1.94. The molecule has 0 amide bonds. The van der Waals surface area contributed by atoms with Gasteiger partial charge < -0.3 is 9.47 Å². The second-order valence-electron chi connectivity index (χ2n) is 5.27. The van der Waals surface area contributed by atoms with E-state index in [9.17, 15) is 4.79 Å². The summed E-state index contributed by atoms with van der Waals surface area (Å²) in [5.74, 6) is 1.09. The van der Waals surface area contributed by atoms with Crippen LogP contribution in [-0.2, 0) is 9.53 Å². The Hall–Kier alpha value is -2.81. The minimum Gasteiger partial charge on any atom is -0.457 e. The maximum Gasteiger partial charge on any atom is 0.333 e. The molecule has 0 radical (unpaired) electrons. The zero-order valence-electron chi connectivity index (χ0n) is 13.4. The van der Waals surface area contributed by atoms with Crippen molar-refractivity contribution in [2.45, 2.75) is 20.0 Å². The normalized spacial score (nSPS) is 11.4. The summed E-state index contributed by atoms with van der Waals surface area (Å²) >= 11 is 0. The highest BCUT2D eigenvalue weighted by molar-refractivity contribution is 5.87. The first-order valence-electron chi connectivity index (χ1n) is 7.36. The third kappa shape index (κ3) is 4.58. The topological polar surface area (TPSA) is 35.5 Å². The Morgan fingerprint density at radius 2 is 1.57 bits per heavy atom. The predicted molar refractivity (Wildman–Crippen MR) is 92.4 cm³/mol. The van der Waals surface area contributed by atoms with Crippen molar-refractivity contribution < 1.29 is 14.3 Å². The molecule has 0 aliphatic heterocycles. The van der Waals surface area contributed by atoms with Crippen LogP contribution in [0.2, 0.25) is 0 Å². The summed E-state index contributed by atoms with van der Waals surface area (Å²) in [5.41, 5.74) is 2.33. The molecule has 2 aromatic rings. The number of hydrogen-bond acceptors (Lipinski definition) is 3. The van der Waals surface area contributed by atoms with Crippen molar-refractivity contribution in [3.05, 3.63) is 78.4 Å². The lowest BCUT2D eigenvalue weighted by atomic mass is 10.1. The van der Waals surface area contributed by atoms with Crippen molar-refractivity contribution >= 4 is 12.0 Å². The molecular formula is C20H20O3. The van der Waals surface area contributed by atoms with Gasteiger partial charge in [-0.2, -0.15) is 0 Å². The van der Waals surface area contributed by atoms with E-state index in [2.05, 4.69) is 13.2 Å². The Labute approximate surface area is 136 Å². The van der Waals surface area contributed by atoms with Gasteiger partial charge in [0.2, 0.25) is 0 Å². The van der Waals surface area contributed by atoms with Crippen LogP contribution < -0.4 is 4.74 Å². The van der Waals surface area contributed by atoms with E-state index in [1.54, 1.807) is 13.0 Å². The third-order valence-corrected chi connectivity index (χ3v) is 3.33. The van der Waals surface area contributed by atoms with Gasteiger partial charge in [0.15, 0.2) is 0 Å². The van der Waals surface area contributed by atoms with Gasteiger partial charge in [0, 0.05) is 5.57 Å². The number of esters is 1. The van der Waals surface area contributed by atoms with Crippen LogP contribution in [0, 0.1) is 0 Å². The van der Waals surface area contributed by atoms with Crippen LogP contribution >= 0.6 is 0 Å². The van der Waals surface area contributed by atoms with E-state index in [0.717, 1.165) is 22.6 Å². The molecule has 0 aliphatic carbocycles. The molecule has 0 spiro atoms. The van der Waals surface area contributed by atoms with Crippen molar-refractivity contribution in [2.24, 2.45) is 0 Å². The molecule has 3 nitrogen and oxygen atoms in total. The first kappa shape index (κ1) is 16.6. The van der Waals surface area contributed by atoms with E-state index >= 15 is 0 Å². The molecule has 0 saturated carbocycles. The first-order chi connectivity index (χ1) is 11.0. The van der Waals surface area contributed by atoms with Crippen molar-refractivity contribution in [2.75, 3.05) is 0 Å². The highest BCUT2D eigenvalue weighted by Crippen LogP contribution is 2.25. The Bertz CT molecular complexity index is 697. The largest absolute Gasteiger partial charge is 0.457 e. The molecule has 0 N–H and O–H groups in total. The standard InChI is InChI=1S/C20H20O3/c1-5-16-6-10-18(11-7-16)23-19-12-8-17(9-13-19)15(4)22-20(21)14(2)3/h5-13,15H,1-2H2,3-4H3. The average Bonchev–Trinajstić information content (AvgIpc) is 2.56. The third-order valence-electron chi connectivity index (χ3n) is 3.33. The maximum atomic E-state index is 11.5. The molecule has 3 heteroatoms. The summed E-state index contributed by atoms with van der Waals surface area (Å²) in [6.07, 6.45) is 1.45. The summed E-state index contributed by atoms with van der Waals surface area (Å²) in [4.78, 5) is 11.5. The number of benzene rings is 2. The molecule has 0 saturated heterocycles. The minimum atomic E-state index is -0.389. The number of carbonyl (C=O) groups is 1. The van der Waals surface area contributed by atoms with Crippen LogP contribution in [0.1, 0.15) is 31.1 Å². The highest BCUT2D eigenvalue weighted by Gasteiger charge is 2.12. The lowest BCUT2D eigenvalue weighted by Crippen LogP contribution is -2.09. The number of rotatable bonds is 6. The van der Waals surface area contributed by atoms with Crippen molar-refractivity contribution in [3.63, 3.8) is 0 Å². The molecule has 0 fully saturated rings. The van der Waals surface area contributed by atoms with Crippen molar-refractivity contribution in [3.8, 4) is 11.5 Å². The Morgan fingerprint density at radius 3 is 2.04 bits per heavy atom. The SMILES string of the molecule is C=Cc1ccc(Oc2ccc(C(C)OC(=O)C(=C)C)cc2)cc1. The zero-order valence-corrected chi connectivity index (χ0v) is 13.4. The smallest absolute Gasteiger partial charge is 0.333 e. The molecule has 2 rings (SSSR count). The second-order valence-corrected chi connectivity index (χ2v) is 5.27. The van der Waals surface area contributed by atoms with E-state index in [1.807, 2.05) is 55.5 Å². The summed E-state index contributed by atoms with van der Waals surface area (Å²) in [6.45, 7) is 10.7. The van der Waals surface area contributed by atoms with E-state index in [1.165, 1.54) is 0 Å². The number of carbonyl (C=O) groups excluding carboxylic acids is 1. The van der Waals surface area contributed by atoms with Crippen molar-refractivity contribution in [1.29, 1.82) is 0 Å². The average molecular weight is 308 g/mol. The molecule has 1 unspecified atom stereocenters. The molecule has 0 aliphatic rings. The maximum absolute atomic E-state index is 11.5. The van der Waals surface area contributed by atoms with E-state index < -0.39 is 0 Å². The van der Waals surface area contributed by atoms with Crippen LogP contribution in [0.5, 0.6) is 11.5 Å². The Kier molecular flexibility index (Phi) is 5.36. The van der Waals surface area contributed by atoms with Gasteiger partial charge in [-0.05, 0) is 49.2 Å². The molecule has 0 aromatic heterocycles. The fourth-order valence-electron chi connectivity index (χ4n) is 1.94. The predicted octanol–water partition coefficient (Wildman–Crippen LogP) is 5.30. The Morgan fingerprint density at radius 1 is 1.04 bits per heavy atom. The van der Waals surface area contributed by atoms with Gasteiger partial charge in [0.25, 0.3) is 0 Å². The van der Waals surface area contributed by atoms with Crippen LogP contribution in [0.4, 0.5) is 0 Å². The number of hydrogen-bond donors (Lipinski definition) is 0. The lowest BCUT2D eigenvalue weighted by molar-refractivity contribution is -0.143. The fraction of sp³-hybridized carbons (Fsp3) is 0.150. The van der Waals surface area contributed by atoms with Crippen LogP contribution in [0.15, 0.2) is 67.3 Å². The molecule has 118 valence electrons. The molecule has 2 aromatic carbocycles. The van der Waals surface area contributed by atoms with E-state index in [-0.39, 0.29) is 12.1 Å². The quantitative estimate of drug-likeness (QED) is 0.536. The summed E-state index contributed by atoms with van der Waals surface area (Å²) in [5, 5.41) is 0. The first-order valence-corrected chi connectivity index (χ1v) is 7.36. The summed E-state index contributed by atoms with van der Waals surface area (Å²) in [7, 11) is 0. The van der Waals surface area contributed by atoms with Crippen LogP contribution in [0.25, 0.3) is 6.08 Å². The molecule has 23 heavy (non-hydrogen) atoms. The molecule has 0 bridgehead atoms. The summed E-state index contributed by atoms with van der Waals surface area (Å²) in [6, 6.07) is 15.1. The van der Waals surface area contributed by atoms with Gasteiger partial charge in [0.1, 0.15) is 17.6 Å². The monoisotopic (exact) mass is 308 g/mol. The number of ether oxygens (including phenoxy) is 2. The Balaban J connectivity index is 2.02. The van der Waals surface area contributed by atoms with Crippen molar-refractivity contribution in [1.82, 2.24) is 0 Å². The molecular weight excluding hydrogens is 288 g/mol. The van der Waals surface area contributed by atoms with Gasteiger partial charge >= 0.3 is 5.97 Å². The van der Waals surface area contributed by atoms with Crippen LogP contribution in [0.3, 0.4) is 0 Å². The molecule has 1 atom stereocenters. The van der Waals surface area contributed by atoms with E-state index in [0.29, 0.717) is 5.57 Å². The van der Waals surface area contributed by atoms with Gasteiger partial charge in [-0.1, -0.05) is 43.5 Å². The van der Waals surface area contributed by atoms with Gasteiger partial charge in [-0.25, -0.2) is 4.79 Å². The zero-order chi connectivity index (χ0) is 16.8. The highest BCUT2D eigenvalue weighted by atomic mass is 16.5. The minimum absolute atomic E-state index is 0.333. The lowest BCUT2D eigenvalue weighted by Gasteiger charge is -2.14.